The quantitative estimate of drug-likeness (QED) is 0.832. The van der Waals surface area contributed by atoms with Crippen molar-refractivity contribution in [2.45, 2.75) is 18.2 Å². The molecule has 21 heavy (non-hydrogen) atoms. The second kappa shape index (κ2) is 6.15. The molecule has 2 rings (SSSR count). The number of benzene rings is 2. The van der Waals surface area contributed by atoms with E-state index in [0.717, 1.165) is 6.42 Å². The second-order valence-electron chi connectivity index (χ2n) is 4.51. The Hall–Kier alpha value is -2.05. The topological polar surface area (TPSA) is 81.4 Å². The number of nitrogens with one attached hydrogen (secondary N) is 1. The molecule has 3 N–H and O–H groups in total. The van der Waals surface area contributed by atoms with Crippen LogP contribution in [0, 0.1) is 0 Å². The molecule has 0 saturated heterocycles. The summed E-state index contributed by atoms with van der Waals surface area (Å²) in [6.45, 7) is 2.06. The molecule has 112 valence electrons. The third-order valence-corrected chi connectivity index (χ3v) is 4.52. The summed E-state index contributed by atoms with van der Waals surface area (Å²) in [4.78, 5) is 0.0181. The fourth-order valence-corrected chi connectivity index (χ4v) is 2.73. The lowest BCUT2D eigenvalue weighted by Crippen LogP contribution is -2.19. The number of sulfonamides is 1. The molecule has 0 bridgehead atoms. The lowest BCUT2D eigenvalue weighted by atomic mass is 10.2. The molecule has 0 fully saturated rings. The minimum Gasteiger partial charge on any atom is -0.456 e. The first-order valence-corrected chi connectivity index (χ1v) is 8.04. The highest BCUT2D eigenvalue weighted by molar-refractivity contribution is 7.89. The van der Waals surface area contributed by atoms with Gasteiger partial charge in [0.1, 0.15) is 16.4 Å². The predicted molar refractivity (Wildman–Crippen MR) is 83.0 cm³/mol. The smallest absolute Gasteiger partial charge is 0.244 e. The number of nitrogens with two attached hydrogens (primary N) is 1. The molecule has 0 atom stereocenters. The zero-order valence-electron chi connectivity index (χ0n) is 12.0. The summed E-state index contributed by atoms with van der Waals surface area (Å²) in [5.41, 5.74) is 7.20. The van der Waals surface area contributed by atoms with E-state index in [2.05, 4.69) is 11.6 Å². The summed E-state index contributed by atoms with van der Waals surface area (Å²) in [7, 11) is -2.29. The predicted octanol–water partition coefficient (Wildman–Crippen LogP) is 2.53. The van der Waals surface area contributed by atoms with Gasteiger partial charge in [0, 0.05) is 5.69 Å². The first kappa shape index (κ1) is 15.3. The van der Waals surface area contributed by atoms with Crippen LogP contribution in [0.25, 0.3) is 0 Å². The number of ether oxygens (including phenoxy) is 1. The molecular weight excluding hydrogens is 288 g/mol. The van der Waals surface area contributed by atoms with Crippen LogP contribution >= 0.6 is 0 Å². The maximum Gasteiger partial charge on any atom is 0.244 e. The van der Waals surface area contributed by atoms with Crippen LogP contribution in [-0.2, 0) is 16.4 Å². The fraction of sp³-hybridized carbons (Fsp3) is 0.200. The molecule has 0 unspecified atom stereocenters. The molecule has 6 heteroatoms. The maximum absolute atomic E-state index is 12.0. The van der Waals surface area contributed by atoms with Crippen LogP contribution in [0.2, 0.25) is 0 Å². The summed E-state index contributed by atoms with van der Waals surface area (Å²) in [5.74, 6) is 0.812. The van der Waals surface area contributed by atoms with Crippen LogP contribution in [0.1, 0.15) is 12.5 Å². The summed E-state index contributed by atoms with van der Waals surface area (Å²) in [6.07, 6.45) is 0.932. The molecular formula is C15H18N2O3S. The Morgan fingerprint density at radius 1 is 1.14 bits per heavy atom. The van der Waals surface area contributed by atoms with E-state index in [9.17, 15) is 8.42 Å². The molecule has 0 radical (unpaired) electrons. The zero-order valence-corrected chi connectivity index (χ0v) is 12.8. The molecule has 0 amide bonds. The highest BCUT2D eigenvalue weighted by Gasteiger charge is 2.18. The van der Waals surface area contributed by atoms with Crippen LogP contribution in [0.5, 0.6) is 11.5 Å². The highest BCUT2D eigenvalue weighted by Crippen LogP contribution is 2.30. The maximum atomic E-state index is 12.0. The van der Waals surface area contributed by atoms with Gasteiger partial charge in [0.25, 0.3) is 0 Å². The molecule has 0 aliphatic carbocycles. The van der Waals surface area contributed by atoms with Crippen molar-refractivity contribution in [2.24, 2.45) is 0 Å². The van der Waals surface area contributed by atoms with Crippen molar-refractivity contribution in [1.82, 2.24) is 4.72 Å². The second-order valence-corrected chi connectivity index (χ2v) is 6.37. The van der Waals surface area contributed by atoms with E-state index in [1.165, 1.54) is 18.7 Å². The summed E-state index contributed by atoms with van der Waals surface area (Å²) >= 11 is 0. The number of hydrogen-bond acceptors (Lipinski definition) is 4. The molecule has 0 saturated carbocycles. The van der Waals surface area contributed by atoms with Crippen LogP contribution in [-0.4, -0.2) is 15.5 Å². The van der Waals surface area contributed by atoms with Crippen molar-refractivity contribution in [1.29, 1.82) is 0 Å². The van der Waals surface area contributed by atoms with E-state index in [4.69, 9.17) is 10.5 Å². The molecule has 2 aromatic carbocycles. The van der Waals surface area contributed by atoms with Gasteiger partial charge in [-0.25, -0.2) is 13.1 Å². The Labute approximate surface area is 124 Å². The number of aryl methyl sites for hydroxylation is 1. The van der Waals surface area contributed by atoms with Crippen molar-refractivity contribution >= 4 is 15.7 Å². The van der Waals surface area contributed by atoms with Gasteiger partial charge < -0.3 is 10.5 Å². The summed E-state index contributed by atoms with van der Waals surface area (Å²) in [5, 5.41) is 0. The molecule has 0 heterocycles. The summed E-state index contributed by atoms with van der Waals surface area (Å²) in [6, 6.07) is 12.0. The first-order chi connectivity index (χ1) is 9.96. The van der Waals surface area contributed by atoms with E-state index in [0.29, 0.717) is 11.4 Å². The third-order valence-electron chi connectivity index (χ3n) is 3.09. The van der Waals surface area contributed by atoms with Gasteiger partial charge in [-0.2, -0.15) is 0 Å². The van der Waals surface area contributed by atoms with Crippen molar-refractivity contribution < 1.29 is 13.2 Å². The molecule has 0 aliphatic rings. The Morgan fingerprint density at radius 2 is 1.81 bits per heavy atom. The van der Waals surface area contributed by atoms with Crippen LogP contribution < -0.4 is 15.2 Å². The zero-order chi connectivity index (χ0) is 15.5. The fourth-order valence-electron chi connectivity index (χ4n) is 1.85. The van der Waals surface area contributed by atoms with Gasteiger partial charge in [0.2, 0.25) is 10.0 Å². The number of hydrogen-bond donors (Lipinski definition) is 2. The Kier molecular flexibility index (Phi) is 4.50. The lowest BCUT2D eigenvalue weighted by molar-refractivity contribution is 0.467. The van der Waals surface area contributed by atoms with Gasteiger partial charge in [-0.3, -0.25) is 0 Å². The first-order valence-electron chi connectivity index (χ1n) is 6.56. The van der Waals surface area contributed by atoms with Gasteiger partial charge in [-0.15, -0.1) is 0 Å². The minimum atomic E-state index is -3.64. The SMILES string of the molecule is CCc1ccc(Oc2ccc(N)cc2S(=O)(=O)NC)cc1. The van der Waals surface area contributed by atoms with E-state index < -0.39 is 10.0 Å². The standard InChI is InChI=1S/C15H18N2O3S/c1-3-11-4-7-13(8-5-11)20-14-9-6-12(16)10-15(14)21(18,19)17-2/h4-10,17H,3,16H2,1-2H3. The molecule has 0 aliphatic heterocycles. The van der Waals surface area contributed by atoms with Crippen molar-refractivity contribution in [3.8, 4) is 11.5 Å². The van der Waals surface area contributed by atoms with E-state index in [-0.39, 0.29) is 10.6 Å². The van der Waals surface area contributed by atoms with E-state index >= 15 is 0 Å². The van der Waals surface area contributed by atoms with Gasteiger partial charge >= 0.3 is 0 Å². The lowest BCUT2D eigenvalue weighted by Gasteiger charge is -2.12. The van der Waals surface area contributed by atoms with Crippen LogP contribution in [0.15, 0.2) is 47.4 Å². The van der Waals surface area contributed by atoms with E-state index in [1.807, 2.05) is 24.3 Å². The Bertz CT molecular complexity index is 725. The summed E-state index contributed by atoms with van der Waals surface area (Å²) < 4.78 is 32.0. The number of rotatable bonds is 5. The van der Waals surface area contributed by atoms with Gasteiger partial charge in [0.05, 0.1) is 0 Å². The minimum absolute atomic E-state index is 0.0181. The van der Waals surface area contributed by atoms with Crippen LogP contribution in [0.4, 0.5) is 5.69 Å². The number of anilines is 1. The average Bonchev–Trinajstić information content (AvgIpc) is 2.49. The highest BCUT2D eigenvalue weighted by atomic mass is 32.2. The van der Waals surface area contributed by atoms with Gasteiger partial charge in [-0.1, -0.05) is 19.1 Å². The largest absolute Gasteiger partial charge is 0.456 e. The van der Waals surface area contributed by atoms with Crippen LogP contribution in [0.3, 0.4) is 0 Å². The molecule has 5 nitrogen and oxygen atoms in total. The van der Waals surface area contributed by atoms with Gasteiger partial charge in [-0.05, 0) is 49.4 Å². The van der Waals surface area contributed by atoms with Crippen molar-refractivity contribution in [3.05, 3.63) is 48.0 Å². The molecule has 2 aromatic rings. The third kappa shape index (κ3) is 3.53. The average molecular weight is 306 g/mol. The molecule has 0 spiro atoms. The van der Waals surface area contributed by atoms with E-state index in [1.54, 1.807) is 12.1 Å². The normalized spacial score (nSPS) is 11.3. The number of nitrogen functional groups attached to an aromatic ring is 1. The van der Waals surface area contributed by atoms with Crippen molar-refractivity contribution in [3.63, 3.8) is 0 Å². The monoisotopic (exact) mass is 306 g/mol. The van der Waals surface area contributed by atoms with Crippen molar-refractivity contribution in [2.75, 3.05) is 12.8 Å². The Morgan fingerprint density at radius 3 is 2.38 bits per heavy atom. The Balaban J connectivity index is 2.39. The molecule has 0 aromatic heterocycles. The van der Waals surface area contributed by atoms with Gasteiger partial charge in [0.15, 0.2) is 0 Å².